The highest BCUT2D eigenvalue weighted by atomic mass is 35.5. The third-order valence-electron chi connectivity index (χ3n) is 7.62. The Morgan fingerprint density at radius 3 is 2.38 bits per heavy atom. The number of ether oxygens (including phenoxy) is 1. The number of ketones is 1. The molecule has 6 nitrogen and oxygen atoms in total. The fourth-order valence-electron chi connectivity index (χ4n) is 5.60. The maximum absolute atomic E-state index is 12.6. The Hall–Kier alpha value is -3.32. The first-order valence-corrected chi connectivity index (χ1v) is 13.9. The summed E-state index contributed by atoms with van der Waals surface area (Å²) in [6.07, 6.45) is -0.619. The van der Waals surface area contributed by atoms with Crippen molar-refractivity contribution in [1.82, 2.24) is 9.47 Å². The van der Waals surface area contributed by atoms with Crippen LogP contribution in [0.5, 0.6) is 5.75 Å². The van der Waals surface area contributed by atoms with E-state index >= 15 is 0 Å². The zero-order chi connectivity index (χ0) is 27.7. The van der Waals surface area contributed by atoms with Crippen molar-refractivity contribution in [2.24, 2.45) is 0 Å². The highest BCUT2D eigenvalue weighted by Crippen LogP contribution is 2.32. The number of hydrogen-bond acceptors (Lipinski definition) is 5. The first-order chi connectivity index (χ1) is 18.7. The Bertz CT molecular complexity index is 1490. The molecule has 3 aromatic carbocycles. The number of carbonyl (C=O) groups excluding carboxylic acids is 1. The lowest BCUT2D eigenvalue weighted by Gasteiger charge is -2.37. The molecule has 39 heavy (non-hydrogen) atoms. The zero-order valence-electron chi connectivity index (χ0n) is 23.1. The quantitative estimate of drug-likeness (QED) is 0.276. The van der Waals surface area contributed by atoms with Gasteiger partial charge in [-0.15, -0.1) is 0 Å². The summed E-state index contributed by atoms with van der Waals surface area (Å²) in [6, 6.07) is 20.1. The van der Waals surface area contributed by atoms with E-state index in [1.807, 2.05) is 37.3 Å². The number of carbonyl (C=O) groups is 1. The van der Waals surface area contributed by atoms with Gasteiger partial charge >= 0.3 is 0 Å². The minimum absolute atomic E-state index is 0.0210. The molecular formula is C32H36ClN3O3. The summed E-state index contributed by atoms with van der Waals surface area (Å²) < 4.78 is 8.14. The monoisotopic (exact) mass is 545 g/mol. The Morgan fingerprint density at radius 1 is 0.974 bits per heavy atom. The molecule has 1 fully saturated rings. The fourth-order valence-corrected chi connectivity index (χ4v) is 5.76. The predicted octanol–water partition coefficient (Wildman–Crippen LogP) is 5.97. The van der Waals surface area contributed by atoms with Gasteiger partial charge in [-0.1, -0.05) is 35.4 Å². The molecule has 0 bridgehead atoms. The Balaban J connectivity index is 1.23. The van der Waals surface area contributed by atoms with Crippen molar-refractivity contribution in [3.63, 3.8) is 0 Å². The summed E-state index contributed by atoms with van der Waals surface area (Å²) >= 11 is 6.22. The van der Waals surface area contributed by atoms with Crippen LogP contribution in [0.1, 0.15) is 34.1 Å². The number of rotatable bonds is 8. The fraction of sp³-hybridized carbons (Fsp3) is 0.344. The molecule has 2 heterocycles. The lowest BCUT2D eigenvalue weighted by molar-refractivity contribution is 0.0663. The van der Waals surface area contributed by atoms with Gasteiger partial charge in [0.1, 0.15) is 18.5 Å². The molecule has 7 heteroatoms. The van der Waals surface area contributed by atoms with E-state index in [0.29, 0.717) is 17.9 Å². The van der Waals surface area contributed by atoms with Crippen LogP contribution in [0.3, 0.4) is 0 Å². The number of benzene rings is 3. The highest BCUT2D eigenvalue weighted by molar-refractivity contribution is 6.30. The number of aliphatic hydroxyl groups is 1. The molecule has 1 aliphatic rings. The SMILES string of the molecule is CC(=O)c1c(C)n(-c2ccc(C)cc2)c2ccc(OC[C@@H](O)CN3CCN(c4cc(Cl)ccc4C)CC3)cc12. The smallest absolute Gasteiger partial charge is 0.162 e. The molecule has 0 unspecified atom stereocenters. The molecule has 0 aliphatic carbocycles. The molecule has 0 saturated carbocycles. The van der Waals surface area contributed by atoms with Crippen LogP contribution in [0.2, 0.25) is 5.02 Å². The highest BCUT2D eigenvalue weighted by Gasteiger charge is 2.22. The Kier molecular flexibility index (Phi) is 7.98. The summed E-state index contributed by atoms with van der Waals surface area (Å²) in [5.74, 6) is 0.666. The number of hydrogen-bond donors (Lipinski definition) is 1. The van der Waals surface area contributed by atoms with Crippen molar-refractivity contribution in [3.05, 3.63) is 88.1 Å². The van der Waals surface area contributed by atoms with Crippen molar-refractivity contribution in [2.75, 3.05) is 44.2 Å². The van der Waals surface area contributed by atoms with Crippen LogP contribution in [-0.4, -0.2) is 65.8 Å². The number of aliphatic hydroxyl groups excluding tert-OH is 1. The second-order valence-electron chi connectivity index (χ2n) is 10.5. The first-order valence-electron chi connectivity index (χ1n) is 13.5. The number of aromatic nitrogens is 1. The van der Waals surface area contributed by atoms with Gasteiger partial charge in [-0.3, -0.25) is 9.69 Å². The molecular weight excluding hydrogens is 510 g/mol. The number of β-amino-alcohol motifs (C(OH)–C–C–N with tert-alkyl or cyclic N) is 1. The van der Waals surface area contributed by atoms with Gasteiger partial charge in [-0.25, -0.2) is 0 Å². The minimum atomic E-state index is -0.619. The maximum Gasteiger partial charge on any atom is 0.162 e. The second kappa shape index (κ2) is 11.4. The van der Waals surface area contributed by atoms with Crippen molar-refractivity contribution >= 4 is 34.0 Å². The molecule has 1 N–H and O–H groups in total. The molecule has 4 aromatic rings. The van der Waals surface area contributed by atoms with Crippen LogP contribution in [0, 0.1) is 20.8 Å². The summed E-state index contributed by atoms with van der Waals surface area (Å²) in [7, 11) is 0. The van der Waals surface area contributed by atoms with Gasteiger partial charge in [0.15, 0.2) is 5.78 Å². The number of piperazine rings is 1. The molecule has 204 valence electrons. The molecule has 5 rings (SSSR count). The molecule has 0 spiro atoms. The maximum atomic E-state index is 12.6. The minimum Gasteiger partial charge on any atom is -0.491 e. The van der Waals surface area contributed by atoms with Crippen molar-refractivity contribution in [2.45, 2.75) is 33.8 Å². The van der Waals surface area contributed by atoms with E-state index in [1.54, 1.807) is 6.92 Å². The van der Waals surface area contributed by atoms with E-state index in [4.69, 9.17) is 16.3 Å². The molecule has 1 atom stereocenters. The zero-order valence-corrected chi connectivity index (χ0v) is 23.8. The van der Waals surface area contributed by atoms with Gasteiger partial charge in [-0.2, -0.15) is 0 Å². The number of nitrogens with zero attached hydrogens (tertiary/aromatic N) is 3. The average Bonchev–Trinajstić information content (AvgIpc) is 3.21. The summed E-state index contributed by atoms with van der Waals surface area (Å²) in [4.78, 5) is 17.2. The van der Waals surface area contributed by atoms with Crippen LogP contribution < -0.4 is 9.64 Å². The van der Waals surface area contributed by atoms with Crippen molar-refractivity contribution < 1.29 is 14.6 Å². The molecule has 1 saturated heterocycles. The van der Waals surface area contributed by atoms with E-state index in [9.17, 15) is 9.90 Å². The lowest BCUT2D eigenvalue weighted by atomic mass is 10.1. The standard InChI is InChI=1S/C32H36ClN3O3/c1-21-5-9-26(10-6-21)36-23(3)32(24(4)37)29-18-28(11-12-30(29)36)39-20-27(38)19-34-13-15-35(16-14-34)31-17-25(33)8-7-22(31)2/h5-12,17-18,27,38H,13-16,19-20H2,1-4H3/t27-/m0/s1. The molecule has 0 amide bonds. The number of halogens is 1. The first kappa shape index (κ1) is 27.3. The van der Waals surface area contributed by atoms with Gasteiger partial charge in [0.2, 0.25) is 0 Å². The number of anilines is 1. The number of aryl methyl sites for hydroxylation is 2. The van der Waals surface area contributed by atoms with E-state index in [1.165, 1.54) is 16.8 Å². The lowest BCUT2D eigenvalue weighted by Crippen LogP contribution is -2.49. The van der Waals surface area contributed by atoms with E-state index < -0.39 is 6.10 Å². The third kappa shape index (κ3) is 5.83. The van der Waals surface area contributed by atoms with Crippen LogP contribution in [0.15, 0.2) is 60.7 Å². The van der Waals surface area contributed by atoms with Gasteiger partial charge in [0.05, 0.1) is 5.52 Å². The van der Waals surface area contributed by atoms with Crippen molar-refractivity contribution in [1.29, 1.82) is 0 Å². The largest absolute Gasteiger partial charge is 0.491 e. The van der Waals surface area contributed by atoms with E-state index in [-0.39, 0.29) is 12.4 Å². The van der Waals surface area contributed by atoms with E-state index in [2.05, 4.69) is 58.5 Å². The van der Waals surface area contributed by atoms with Crippen molar-refractivity contribution in [3.8, 4) is 11.4 Å². The van der Waals surface area contributed by atoms with Crippen LogP contribution in [0.25, 0.3) is 16.6 Å². The third-order valence-corrected chi connectivity index (χ3v) is 7.85. The van der Waals surface area contributed by atoms with Crippen LogP contribution in [-0.2, 0) is 0 Å². The second-order valence-corrected chi connectivity index (χ2v) is 11.0. The predicted molar refractivity (Wildman–Crippen MR) is 159 cm³/mol. The molecule has 1 aromatic heterocycles. The van der Waals surface area contributed by atoms with Crippen LogP contribution >= 0.6 is 11.6 Å². The van der Waals surface area contributed by atoms with Gasteiger partial charge < -0.3 is 19.3 Å². The van der Waals surface area contributed by atoms with Crippen LogP contribution in [0.4, 0.5) is 5.69 Å². The molecule has 0 radical (unpaired) electrons. The average molecular weight is 546 g/mol. The normalized spacial score (nSPS) is 15.1. The Morgan fingerprint density at radius 2 is 1.69 bits per heavy atom. The van der Waals surface area contributed by atoms with E-state index in [0.717, 1.165) is 53.5 Å². The number of fused-ring (bicyclic) bond motifs is 1. The van der Waals surface area contributed by atoms with Gasteiger partial charge in [0.25, 0.3) is 0 Å². The van der Waals surface area contributed by atoms with Gasteiger partial charge in [-0.05, 0) is 75.7 Å². The van der Waals surface area contributed by atoms with Gasteiger partial charge in [0, 0.05) is 65.8 Å². The Labute approximate surface area is 235 Å². The number of Topliss-reactive ketones (excluding diaryl/α,β-unsaturated/α-hetero) is 1. The molecule has 1 aliphatic heterocycles. The summed E-state index contributed by atoms with van der Waals surface area (Å²) in [5, 5.41) is 12.4. The summed E-state index contributed by atoms with van der Waals surface area (Å²) in [6.45, 7) is 12.0. The summed E-state index contributed by atoms with van der Waals surface area (Å²) in [5.41, 5.74) is 7.17. The topological polar surface area (TPSA) is 57.9 Å².